The molecular weight excluding hydrogens is 246 g/mol. The van der Waals surface area contributed by atoms with Crippen LogP contribution in [0, 0.1) is 0 Å². The van der Waals surface area contributed by atoms with Crippen molar-refractivity contribution in [3.63, 3.8) is 0 Å². The molecule has 94 valence electrons. The van der Waals surface area contributed by atoms with E-state index >= 15 is 0 Å². The smallest absolute Gasteiger partial charge is 0.374 e. The lowest BCUT2D eigenvalue weighted by Gasteiger charge is -1.98. The lowest BCUT2D eigenvalue weighted by atomic mass is 10.2. The van der Waals surface area contributed by atoms with Crippen LogP contribution in [0.2, 0.25) is 0 Å². The molecule has 0 bridgehead atoms. The van der Waals surface area contributed by atoms with Gasteiger partial charge in [-0.15, -0.1) is 0 Å². The number of carboxylic acid groups (broad SMARTS) is 1. The number of para-hydroxylation sites is 1. The van der Waals surface area contributed by atoms with Crippen LogP contribution in [-0.2, 0) is 0 Å². The van der Waals surface area contributed by atoms with Gasteiger partial charge in [-0.25, -0.2) is 9.48 Å². The van der Waals surface area contributed by atoms with Gasteiger partial charge in [0.05, 0.1) is 11.9 Å². The Kier molecular flexibility index (Phi) is 2.60. The quantitative estimate of drug-likeness (QED) is 0.776. The second kappa shape index (κ2) is 4.41. The summed E-state index contributed by atoms with van der Waals surface area (Å²) < 4.78 is 6.39. The van der Waals surface area contributed by atoms with E-state index in [4.69, 9.17) is 9.63 Å². The molecule has 0 aliphatic carbocycles. The van der Waals surface area contributed by atoms with Gasteiger partial charge in [0.2, 0.25) is 5.76 Å². The van der Waals surface area contributed by atoms with Crippen LogP contribution in [0.5, 0.6) is 0 Å². The molecular formula is C13H9N3O3. The number of hydrogen-bond acceptors (Lipinski definition) is 4. The second-order valence-electron chi connectivity index (χ2n) is 3.89. The van der Waals surface area contributed by atoms with E-state index in [-0.39, 0.29) is 5.76 Å². The van der Waals surface area contributed by atoms with Crippen LogP contribution < -0.4 is 0 Å². The lowest BCUT2D eigenvalue weighted by Crippen LogP contribution is -1.92. The minimum absolute atomic E-state index is 0.192. The zero-order valence-electron chi connectivity index (χ0n) is 9.72. The summed E-state index contributed by atoms with van der Waals surface area (Å²) in [6.07, 6.45) is 3.37. The van der Waals surface area contributed by atoms with E-state index < -0.39 is 5.97 Å². The minimum Gasteiger partial charge on any atom is -0.475 e. The molecule has 1 aromatic carbocycles. The van der Waals surface area contributed by atoms with E-state index in [0.29, 0.717) is 11.3 Å². The predicted octanol–water partition coefficient (Wildman–Crippen LogP) is 2.23. The first kappa shape index (κ1) is 11.2. The summed E-state index contributed by atoms with van der Waals surface area (Å²) in [5.41, 5.74) is 2.05. The highest BCUT2D eigenvalue weighted by molar-refractivity contribution is 5.85. The number of carbonyl (C=O) groups is 1. The van der Waals surface area contributed by atoms with Gasteiger partial charge in [0.1, 0.15) is 5.69 Å². The fraction of sp³-hybridized carbons (Fsp3) is 0. The van der Waals surface area contributed by atoms with E-state index in [0.717, 1.165) is 5.69 Å². The molecule has 6 nitrogen and oxygen atoms in total. The van der Waals surface area contributed by atoms with Gasteiger partial charge in [-0.3, -0.25) is 0 Å². The highest BCUT2D eigenvalue weighted by atomic mass is 16.5. The van der Waals surface area contributed by atoms with Gasteiger partial charge in [-0.2, -0.15) is 5.10 Å². The van der Waals surface area contributed by atoms with Crippen molar-refractivity contribution >= 4 is 5.97 Å². The van der Waals surface area contributed by atoms with E-state index in [1.807, 2.05) is 30.3 Å². The molecule has 19 heavy (non-hydrogen) atoms. The topological polar surface area (TPSA) is 81.1 Å². The van der Waals surface area contributed by atoms with Crippen LogP contribution in [0.3, 0.4) is 0 Å². The number of carboxylic acids is 1. The molecule has 0 radical (unpaired) electrons. The summed E-state index contributed by atoms with van der Waals surface area (Å²) >= 11 is 0. The average Bonchev–Trinajstić information content (AvgIpc) is 3.09. The largest absolute Gasteiger partial charge is 0.475 e. The van der Waals surface area contributed by atoms with E-state index in [1.54, 1.807) is 17.1 Å². The third-order valence-corrected chi connectivity index (χ3v) is 2.62. The van der Waals surface area contributed by atoms with Gasteiger partial charge in [0, 0.05) is 17.8 Å². The molecule has 0 saturated heterocycles. The molecule has 0 amide bonds. The molecule has 0 aliphatic heterocycles. The molecule has 0 spiro atoms. The maximum absolute atomic E-state index is 10.7. The van der Waals surface area contributed by atoms with E-state index in [2.05, 4.69) is 10.3 Å². The van der Waals surface area contributed by atoms with Crippen molar-refractivity contribution in [2.24, 2.45) is 0 Å². The Hall–Kier alpha value is -2.89. The number of aromatic carboxylic acids is 1. The Morgan fingerprint density at radius 1 is 1.26 bits per heavy atom. The summed E-state index contributed by atoms with van der Waals surface area (Å²) in [6, 6.07) is 11.0. The van der Waals surface area contributed by atoms with Crippen molar-refractivity contribution < 1.29 is 14.4 Å². The first-order valence-electron chi connectivity index (χ1n) is 5.54. The van der Waals surface area contributed by atoms with Gasteiger partial charge in [0.25, 0.3) is 0 Å². The number of rotatable bonds is 3. The van der Waals surface area contributed by atoms with E-state index in [1.165, 1.54) is 6.07 Å². The molecule has 0 unspecified atom stereocenters. The van der Waals surface area contributed by atoms with Crippen molar-refractivity contribution in [3.05, 3.63) is 54.6 Å². The zero-order valence-corrected chi connectivity index (χ0v) is 9.72. The lowest BCUT2D eigenvalue weighted by molar-refractivity contribution is 0.0652. The van der Waals surface area contributed by atoms with Crippen LogP contribution in [0.4, 0.5) is 0 Å². The van der Waals surface area contributed by atoms with Crippen LogP contribution in [0.25, 0.3) is 16.9 Å². The summed E-state index contributed by atoms with van der Waals surface area (Å²) in [5, 5.41) is 16.7. The normalized spacial score (nSPS) is 10.5. The summed E-state index contributed by atoms with van der Waals surface area (Å²) in [7, 11) is 0. The predicted molar refractivity (Wildman–Crippen MR) is 66.0 cm³/mol. The van der Waals surface area contributed by atoms with Gasteiger partial charge in [0.15, 0.2) is 0 Å². The van der Waals surface area contributed by atoms with Gasteiger partial charge < -0.3 is 9.63 Å². The molecule has 3 aromatic rings. The highest BCUT2D eigenvalue weighted by Crippen LogP contribution is 2.19. The molecule has 0 saturated carbocycles. The summed E-state index contributed by atoms with van der Waals surface area (Å²) in [4.78, 5) is 10.7. The third-order valence-electron chi connectivity index (χ3n) is 2.62. The minimum atomic E-state index is -1.14. The molecule has 6 heteroatoms. The van der Waals surface area contributed by atoms with Gasteiger partial charge >= 0.3 is 5.97 Å². The average molecular weight is 255 g/mol. The first-order chi connectivity index (χ1) is 9.24. The summed E-state index contributed by atoms with van der Waals surface area (Å²) in [6.45, 7) is 0. The SMILES string of the molecule is O=C(O)c1cc(-c2cnn(-c3ccccc3)c2)no1. The van der Waals surface area contributed by atoms with Crippen LogP contribution in [-0.4, -0.2) is 26.0 Å². The fourth-order valence-electron chi connectivity index (χ4n) is 1.69. The Balaban J connectivity index is 1.94. The molecule has 0 fully saturated rings. The Labute approximate surface area is 107 Å². The van der Waals surface area contributed by atoms with Crippen molar-refractivity contribution in [2.45, 2.75) is 0 Å². The number of aromatic nitrogens is 3. The molecule has 3 rings (SSSR count). The molecule has 0 atom stereocenters. The Bertz CT molecular complexity index is 716. The van der Waals surface area contributed by atoms with Crippen LogP contribution in [0.15, 0.2) is 53.3 Å². The monoisotopic (exact) mass is 255 g/mol. The molecule has 1 N–H and O–H groups in total. The summed E-state index contributed by atoms with van der Waals surface area (Å²) in [5.74, 6) is -1.34. The van der Waals surface area contributed by atoms with Crippen LogP contribution >= 0.6 is 0 Å². The highest BCUT2D eigenvalue weighted by Gasteiger charge is 2.13. The third kappa shape index (κ3) is 2.11. The molecule has 2 heterocycles. The van der Waals surface area contributed by atoms with Gasteiger partial charge in [-0.1, -0.05) is 23.4 Å². The Morgan fingerprint density at radius 3 is 2.74 bits per heavy atom. The van der Waals surface area contributed by atoms with E-state index in [9.17, 15) is 4.79 Å². The molecule has 0 aliphatic rings. The second-order valence-corrected chi connectivity index (χ2v) is 3.89. The van der Waals surface area contributed by atoms with Crippen molar-refractivity contribution in [1.29, 1.82) is 0 Å². The maximum atomic E-state index is 10.7. The zero-order chi connectivity index (χ0) is 13.2. The standard InChI is InChI=1S/C13H9N3O3/c17-13(18)12-6-11(15-19-12)9-7-14-16(8-9)10-4-2-1-3-5-10/h1-8H,(H,17,18). The number of benzene rings is 1. The number of hydrogen-bond donors (Lipinski definition) is 1. The fourth-order valence-corrected chi connectivity index (χ4v) is 1.69. The van der Waals surface area contributed by atoms with Gasteiger partial charge in [-0.05, 0) is 12.1 Å². The number of nitrogens with zero attached hydrogens (tertiary/aromatic N) is 3. The first-order valence-corrected chi connectivity index (χ1v) is 5.54. The molecule has 2 aromatic heterocycles. The van der Waals surface area contributed by atoms with Crippen molar-refractivity contribution in [2.75, 3.05) is 0 Å². The van der Waals surface area contributed by atoms with Crippen molar-refractivity contribution in [3.8, 4) is 16.9 Å². The van der Waals surface area contributed by atoms with Crippen molar-refractivity contribution in [1.82, 2.24) is 14.9 Å². The Morgan fingerprint density at radius 2 is 2.05 bits per heavy atom. The maximum Gasteiger partial charge on any atom is 0.374 e. The van der Waals surface area contributed by atoms with Crippen LogP contribution in [0.1, 0.15) is 10.6 Å².